The predicted molar refractivity (Wildman–Crippen MR) is 87.7 cm³/mol. The normalized spacial score (nSPS) is 17.4. The number of hydrogen-bond acceptors (Lipinski definition) is 3. The van der Waals surface area contributed by atoms with Crippen LogP contribution in [0.5, 0.6) is 5.75 Å². The van der Waals surface area contributed by atoms with Crippen LogP contribution in [0, 0.1) is 0 Å². The summed E-state index contributed by atoms with van der Waals surface area (Å²) in [6.07, 6.45) is -4.91. The summed E-state index contributed by atoms with van der Waals surface area (Å²) in [4.78, 5) is 2.09. The summed E-state index contributed by atoms with van der Waals surface area (Å²) in [6.45, 7) is 3.03. The molecule has 8 heteroatoms. The Bertz CT molecular complexity index is 494. The van der Waals surface area contributed by atoms with Crippen molar-refractivity contribution < 1.29 is 17.9 Å². The molecule has 0 aromatic heterocycles. The third-order valence-corrected chi connectivity index (χ3v) is 4.17. The minimum atomic E-state index is -4.15. The lowest BCUT2D eigenvalue weighted by Gasteiger charge is -2.35. The lowest BCUT2D eigenvalue weighted by molar-refractivity contribution is -0.138. The number of ether oxygens (including phenoxy) is 1. The number of halogens is 5. The molecule has 132 valence electrons. The minimum Gasteiger partial charge on any atom is -0.495 e. The molecule has 2 rings (SSSR count). The first-order valence-electron chi connectivity index (χ1n) is 7.25. The number of piperazine rings is 1. The zero-order valence-corrected chi connectivity index (χ0v) is 14.4. The molecule has 1 fully saturated rings. The van der Waals surface area contributed by atoms with Crippen molar-refractivity contribution >= 4 is 24.0 Å². The van der Waals surface area contributed by atoms with Gasteiger partial charge in [0.15, 0.2) is 0 Å². The molecule has 1 aromatic carbocycles. The zero-order valence-electron chi connectivity index (χ0n) is 12.8. The Morgan fingerprint density at radius 1 is 1.30 bits per heavy atom. The van der Waals surface area contributed by atoms with E-state index in [0.29, 0.717) is 10.8 Å². The summed E-state index contributed by atoms with van der Waals surface area (Å²) in [5.41, 5.74) is 0.812. The van der Waals surface area contributed by atoms with Gasteiger partial charge in [0, 0.05) is 38.6 Å². The Labute approximate surface area is 145 Å². The zero-order chi connectivity index (χ0) is 16.2. The number of rotatable bonds is 5. The number of hydrogen-bond donors (Lipinski definition) is 1. The van der Waals surface area contributed by atoms with Crippen molar-refractivity contribution in [1.82, 2.24) is 10.2 Å². The largest absolute Gasteiger partial charge is 0.495 e. The Morgan fingerprint density at radius 2 is 1.96 bits per heavy atom. The summed E-state index contributed by atoms with van der Waals surface area (Å²) in [5.74, 6) is 0.492. The fourth-order valence-electron chi connectivity index (χ4n) is 2.74. The molecule has 23 heavy (non-hydrogen) atoms. The van der Waals surface area contributed by atoms with Crippen LogP contribution in [0.3, 0.4) is 0 Å². The third kappa shape index (κ3) is 6.03. The molecular formula is C15H21Cl2F3N2O. The lowest BCUT2D eigenvalue weighted by Crippen LogP contribution is -2.45. The van der Waals surface area contributed by atoms with Crippen molar-refractivity contribution in [2.75, 3.05) is 33.3 Å². The number of nitrogens with zero attached hydrogens (tertiary/aromatic N) is 1. The van der Waals surface area contributed by atoms with E-state index >= 15 is 0 Å². The van der Waals surface area contributed by atoms with Crippen LogP contribution in [0.1, 0.15) is 24.4 Å². The van der Waals surface area contributed by atoms with E-state index in [-0.39, 0.29) is 24.9 Å². The molecule has 1 N–H and O–H groups in total. The van der Waals surface area contributed by atoms with Gasteiger partial charge in [0.1, 0.15) is 5.75 Å². The van der Waals surface area contributed by atoms with Gasteiger partial charge in [0.05, 0.1) is 12.1 Å². The van der Waals surface area contributed by atoms with Crippen LogP contribution in [-0.4, -0.2) is 44.4 Å². The topological polar surface area (TPSA) is 24.5 Å². The van der Waals surface area contributed by atoms with Gasteiger partial charge >= 0.3 is 6.18 Å². The van der Waals surface area contributed by atoms with Gasteiger partial charge in [0.25, 0.3) is 0 Å². The van der Waals surface area contributed by atoms with Gasteiger partial charge in [-0.3, -0.25) is 4.90 Å². The minimum absolute atomic E-state index is 0. The molecule has 1 heterocycles. The van der Waals surface area contributed by atoms with Crippen LogP contribution in [0.25, 0.3) is 0 Å². The van der Waals surface area contributed by atoms with E-state index in [1.54, 1.807) is 18.2 Å². The number of methoxy groups -OCH3 is 1. The van der Waals surface area contributed by atoms with E-state index in [0.717, 1.165) is 31.7 Å². The Kier molecular flexibility index (Phi) is 7.94. The molecule has 0 unspecified atom stereocenters. The summed E-state index contributed by atoms with van der Waals surface area (Å²) in [7, 11) is 1.50. The van der Waals surface area contributed by atoms with Crippen molar-refractivity contribution in [3.63, 3.8) is 0 Å². The second-order valence-electron chi connectivity index (χ2n) is 5.35. The summed E-state index contributed by atoms with van der Waals surface area (Å²) in [6, 6.07) is 4.92. The quantitative estimate of drug-likeness (QED) is 0.843. The van der Waals surface area contributed by atoms with Crippen molar-refractivity contribution in [3.05, 3.63) is 28.8 Å². The summed E-state index contributed by atoms with van der Waals surface area (Å²) >= 11 is 6.01. The van der Waals surface area contributed by atoms with Crippen molar-refractivity contribution in [2.45, 2.75) is 25.1 Å². The van der Waals surface area contributed by atoms with E-state index in [1.807, 2.05) is 0 Å². The summed E-state index contributed by atoms with van der Waals surface area (Å²) in [5, 5.41) is 3.67. The smallest absolute Gasteiger partial charge is 0.389 e. The van der Waals surface area contributed by atoms with Gasteiger partial charge < -0.3 is 10.1 Å². The molecular weight excluding hydrogens is 352 g/mol. The lowest BCUT2D eigenvalue weighted by atomic mass is 9.99. The van der Waals surface area contributed by atoms with Gasteiger partial charge in [0.2, 0.25) is 0 Å². The van der Waals surface area contributed by atoms with Crippen LogP contribution in [0.4, 0.5) is 13.2 Å². The van der Waals surface area contributed by atoms with Gasteiger partial charge in [-0.05, 0) is 24.1 Å². The molecule has 1 aliphatic heterocycles. The maximum atomic E-state index is 12.6. The molecule has 0 bridgehead atoms. The molecule has 0 aliphatic carbocycles. The first kappa shape index (κ1) is 20.4. The van der Waals surface area contributed by atoms with Crippen LogP contribution in [0.15, 0.2) is 18.2 Å². The molecule has 1 aliphatic rings. The predicted octanol–water partition coefficient (Wildman–Crippen LogP) is 4.06. The number of nitrogens with one attached hydrogen (secondary N) is 1. The molecule has 0 saturated carbocycles. The standard InChI is InChI=1S/C15H20ClF3N2O.ClH/c1-22-14-10-11(2-3-12(14)16)13(4-5-15(17,18)19)21-8-6-20-7-9-21;/h2-3,10,13,20H,4-9H2,1H3;1H/t13-;/m0./s1. The van der Waals surface area contributed by atoms with Gasteiger partial charge in [-0.1, -0.05) is 17.7 Å². The maximum absolute atomic E-state index is 12.6. The molecule has 1 aromatic rings. The van der Waals surface area contributed by atoms with E-state index in [4.69, 9.17) is 16.3 Å². The van der Waals surface area contributed by atoms with Crippen molar-refractivity contribution in [3.8, 4) is 5.75 Å². The Balaban J connectivity index is 0.00000264. The highest BCUT2D eigenvalue weighted by molar-refractivity contribution is 6.32. The van der Waals surface area contributed by atoms with Gasteiger partial charge in [-0.2, -0.15) is 13.2 Å². The monoisotopic (exact) mass is 372 g/mol. The van der Waals surface area contributed by atoms with E-state index in [9.17, 15) is 13.2 Å². The number of alkyl halides is 3. The van der Waals surface area contributed by atoms with Crippen LogP contribution in [-0.2, 0) is 0 Å². The van der Waals surface area contributed by atoms with Gasteiger partial charge in [-0.25, -0.2) is 0 Å². The average molecular weight is 373 g/mol. The second kappa shape index (κ2) is 8.97. The Morgan fingerprint density at radius 3 is 2.52 bits per heavy atom. The van der Waals surface area contributed by atoms with Crippen molar-refractivity contribution in [1.29, 1.82) is 0 Å². The van der Waals surface area contributed by atoms with Crippen LogP contribution < -0.4 is 10.1 Å². The number of benzene rings is 1. The average Bonchev–Trinajstić information content (AvgIpc) is 2.49. The highest BCUT2D eigenvalue weighted by Gasteiger charge is 2.31. The fraction of sp³-hybridized carbons (Fsp3) is 0.600. The fourth-order valence-corrected chi connectivity index (χ4v) is 2.93. The van der Waals surface area contributed by atoms with E-state index in [2.05, 4.69) is 10.2 Å². The second-order valence-corrected chi connectivity index (χ2v) is 5.76. The first-order valence-corrected chi connectivity index (χ1v) is 7.63. The molecule has 1 saturated heterocycles. The SMILES string of the molecule is COc1cc([C@H](CCC(F)(F)F)N2CCNCC2)ccc1Cl.Cl. The molecule has 0 amide bonds. The molecule has 0 spiro atoms. The maximum Gasteiger partial charge on any atom is 0.389 e. The Hall–Kier alpha value is -0.690. The van der Waals surface area contributed by atoms with E-state index < -0.39 is 12.6 Å². The van der Waals surface area contributed by atoms with Crippen molar-refractivity contribution in [2.24, 2.45) is 0 Å². The van der Waals surface area contributed by atoms with E-state index in [1.165, 1.54) is 7.11 Å². The highest BCUT2D eigenvalue weighted by Crippen LogP contribution is 2.35. The first-order chi connectivity index (χ1) is 10.4. The summed E-state index contributed by atoms with van der Waals surface area (Å²) < 4.78 is 43.1. The van der Waals surface area contributed by atoms with Crippen LogP contribution >= 0.6 is 24.0 Å². The molecule has 3 nitrogen and oxygen atoms in total. The molecule has 0 radical (unpaired) electrons. The highest BCUT2D eigenvalue weighted by atomic mass is 35.5. The van der Waals surface area contributed by atoms with Crippen LogP contribution in [0.2, 0.25) is 5.02 Å². The molecule has 1 atom stereocenters. The third-order valence-electron chi connectivity index (χ3n) is 3.85. The van der Waals surface area contributed by atoms with Gasteiger partial charge in [-0.15, -0.1) is 12.4 Å².